The zero-order valence-electron chi connectivity index (χ0n) is 6.51. The Kier molecular flexibility index (Phi) is 1.45. The van der Waals surface area contributed by atoms with Crippen molar-refractivity contribution >= 4 is 5.97 Å². The van der Waals surface area contributed by atoms with Gasteiger partial charge in [-0.25, -0.2) is 9.78 Å². The van der Waals surface area contributed by atoms with Gasteiger partial charge in [-0.1, -0.05) is 0 Å². The molecule has 0 amide bonds. The maximum Gasteiger partial charge on any atom is 0.354 e. The number of aromatic carboxylic acids is 1. The Labute approximate surface area is 73.2 Å². The third kappa shape index (κ3) is 1.10. The molecule has 2 rings (SSSR count). The molecule has 0 aromatic heterocycles. The number of carboxylic acid groups (broad SMARTS) is 1. The van der Waals surface area contributed by atoms with Crippen molar-refractivity contribution in [3.05, 3.63) is 30.1 Å². The number of hydrogen-bond acceptors (Lipinski definition) is 3. The molecule has 2 N–H and O–H groups in total. The molecule has 0 saturated heterocycles. The standard InChI is InChI=1S/C8H6N2O3/c11-8(12)6-4-5-2-1-3-10(13)7(5)9-6/h1-4,13H,(H,11,12). The van der Waals surface area contributed by atoms with E-state index in [4.69, 9.17) is 5.11 Å². The first-order valence-corrected chi connectivity index (χ1v) is 3.59. The van der Waals surface area contributed by atoms with Gasteiger partial charge in [-0.3, -0.25) is 0 Å². The fourth-order valence-electron chi connectivity index (χ4n) is 1.14. The monoisotopic (exact) mass is 178 g/mol. The minimum Gasteiger partial charge on any atom is -0.477 e. The van der Waals surface area contributed by atoms with Gasteiger partial charge in [0, 0.05) is 11.8 Å². The minimum absolute atomic E-state index is 0.0657. The van der Waals surface area contributed by atoms with Crippen LogP contribution in [-0.2, 0) is 0 Å². The molecule has 66 valence electrons. The molecule has 0 spiro atoms. The van der Waals surface area contributed by atoms with Gasteiger partial charge in [0.1, 0.15) is 0 Å². The molecule has 2 heterocycles. The Morgan fingerprint density at radius 3 is 2.92 bits per heavy atom. The van der Waals surface area contributed by atoms with Crippen LogP contribution in [0.5, 0.6) is 0 Å². The van der Waals surface area contributed by atoms with E-state index in [1.165, 1.54) is 12.3 Å². The van der Waals surface area contributed by atoms with Crippen LogP contribution in [0.2, 0.25) is 0 Å². The number of fused-ring (bicyclic) bond motifs is 1. The molecule has 0 aromatic carbocycles. The number of hydrogen-bond donors (Lipinski definition) is 2. The van der Waals surface area contributed by atoms with Crippen molar-refractivity contribution in [2.45, 2.75) is 0 Å². The van der Waals surface area contributed by atoms with E-state index < -0.39 is 5.97 Å². The predicted octanol–water partition coefficient (Wildman–Crippen LogP) is 0.923. The highest BCUT2D eigenvalue weighted by molar-refractivity contribution is 5.88. The number of pyridine rings is 1. The molecule has 5 heteroatoms. The lowest BCUT2D eigenvalue weighted by molar-refractivity contribution is 0.0691. The van der Waals surface area contributed by atoms with Gasteiger partial charge >= 0.3 is 5.97 Å². The summed E-state index contributed by atoms with van der Waals surface area (Å²) in [6.45, 7) is 0. The lowest BCUT2D eigenvalue weighted by atomic mass is 10.2. The molecular weight excluding hydrogens is 172 g/mol. The molecule has 13 heavy (non-hydrogen) atoms. The molecule has 2 aliphatic rings. The predicted molar refractivity (Wildman–Crippen MR) is 43.0 cm³/mol. The van der Waals surface area contributed by atoms with E-state index in [1.807, 2.05) is 0 Å². The molecule has 0 radical (unpaired) electrons. The van der Waals surface area contributed by atoms with Crippen LogP contribution < -0.4 is 0 Å². The average Bonchev–Trinajstić information content (AvgIpc) is 2.49. The summed E-state index contributed by atoms with van der Waals surface area (Å²) in [5.74, 6) is -0.851. The van der Waals surface area contributed by atoms with Gasteiger partial charge in [-0.15, -0.1) is 0 Å². The largest absolute Gasteiger partial charge is 0.477 e. The third-order valence-corrected chi connectivity index (χ3v) is 1.72. The highest BCUT2D eigenvalue weighted by Gasteiger charge is 2.15. The number of rotatable bonds is 1. The summed E-state index contributed by atoms with van der Waals surface area (Å²) in [5, 5.41) is 17.9. The Morgan fingerprint density at radius 2 is 2.31 bits per heavy atom. The number of carboxylic acids is 1. The van der Waals surface area contributed by atoms with E-state index >= 15 is 0 Å². The second-order valence-electron chi connectivity index (χ2n) is 2.58. The SMILES string of the molecule is O=C(O)c1cc2cccn(O)c-2n1. The van der Waals surface area contributed by atoms with Crippen molar-refractivity contribution < 1.29 is 15.1 Å². The van der Waals surface area contributed by atoms with Gasteiger partial charge in [0.15, 0.2) is 11.5 Å². The van der Waals surface area contributed by atoms with Crippen LogP contribution in [0.4, 0.5) is 0 Å². The summed E-state index contributed by atoms with van der Waals surface area (Å²) in [4.78, 5) is 14.3. The zero-order valence-corrected chi connectivity index (χ0v) is 6.51. The van der Waals surface area contributed by atoms with Crippen molar-refractivity contribution in [2.24, 2.45) is 0 Å². The smallest absolute Gasteiger partial charge is 0.354 e. The van der Waals surface area contributed by atoms with Gasteiger partial charge in [0.25, 0.3) is 0 Å². The Bertz CT molecular complexity index is 435. The molecule has 0 atom stereocenters. The summed E-state index contributed by atoms with van der Waals surface area (Å²) in [7, 11) is 0. The fourth-order valence-corrected chi connectivity index (χ4v) is 1.14. The van der Waals surface area contributed by atoms with Gasteiger partial charge < -0.3 is 10.3 Å². The third-order valence-electron chi connectivity index (χ3n) is 1.72. The maximum atomic E-state index is 10.5. The maximum absolute atomic E-state index is 10.5. The molecule has 0 fully saturated rings. The topological polar surface area (TPSA) is 75.3 Å². The highest BCUT2D eigenvalue weighted by Crippen LogP contribution is 2.20. The summed E-state index contributed by atoms with van der Waals surface area (Å²) in [6, 6.07) is 4.70. The average molecular weight is 178 g/mol. The first-order chi connectivity index (χ1) is 6.18. The first kappa shape index (κ1) is 7.60. The quantitative estimate of drug-likeness (QED) is 0.637. The minimum atomic E-state index is -1.10. The van der Waals surface area contributed by atoms with Crippen LogP contribution in [0.1, 0.15) is 10.5 Å². The number of aromatic nitrogens is 2. The summed E-state index contributed by atoms with van der Waals surface area (Å²) in [6.07, 6.45) is 1.39. The van der Waals surface area contributed by atoms with Crippen molar-refractivity contribution in [2.75, 3.05) is 0 Å². The van der Waals surface area contributed by atoms with E-state index in [0.29, 0.717) is 5.56 Å². The van der Waals surface area contributed by atoms with Gasteiger partial charge in [-0.05, 0) is 18.2 Å². The van der Waals surface area contributed by atoms with Crippen LogP contribution in [0, 0.1) is 0 Å². The fraction of sp³-hybridized carbons (Fsp3) is 0. The lowest BCUT2D eigenvalue weighted by Gasteiger charge is -2.00. The molecule has 2 aliphatic heterocycles. The molecule has 0 bridgehead atoms. The van der Waals surface area contributed by atoms with Crippen LogP contribution in [-0.4, -0.2) is 26.0 Å². The molecular formula is C8H6N2O3. The first-order valence-electron chi connectivity index (χ1n) is 3.59. The second kappa shape index (κ2) is 2.48. The normalized spacial score (nSPS) is 10.5. The molecule has 0 saturated carbocycles. The molecule has 5 nitrogen and oxygen atoms in total. The van der Waals surface area contributed by atoms with Crippen molar-refractivity contribution in [3.8, 4) is 11.4 Å². The van der Waals surface area contributed by atoms with E-state index in [2.05, 4.69) is 4.98 Å². The van der Waals surface area contributed by atoms with Crippen LogP contribution in [0.25, 0.3) is 11.4 Å². The summed E-state index contributed by atoms with van der Waals surface area (Å²) < 4.78 is 0.793. The summed E-state index contributed by atoms with van der Waals surface area (Å²) >= 11 is 0. The van der Waals surface area contributed by atoms with Crippen LogP contribution in [0.3, 0.4) is 0 Å². The van der Waals surface area contributed by atoms with Crippen molar-refractivity contribution in [1.82, 2.24) is 9.71 Å². The number of carbonyl (C=O) groups is 1. The second-order valence-corrected chi connectivity index (χ2v) is 2.58. The highest BCUT2D eigenvalue weighted by atomic mass is 16.5. The van der Waals surface area contributed by atoms with Gasteiger partial charge in [0.05, 0.1) is 0 Å². The lowest BCUT2D eigenvalue weighted by Crippen LogP contribution is -1.99. The molecule has 0 aromatic rings. The van der Waals surface area contributed by atoms with E-state index in [9.17, 15) is 10.0 Å². The van der Waals surface area contributed by atoms with Crippen molar-refractivity contribution in [1.29, 1.82) is 0 Å². The number of nitrogens with zero attached hydrogens (tertiary/aromatic N) is 2. The van der Waals surface area contributed by atoms with E-state index in [0.717, 1.165) is 4.73 Å². The van der Waals surface area contributed by atoms with E-state index in [-0.39, 0.29) is 11.5 Å². The van der Waals surface area contributed by atoms with Gasteiger partial charge in [-0.2, -0.15) is 4.73 Å². The summed E-state index contributed by atoms with van der Waals surface area (Å²) in [5.41, 5.74) is 0.534. The molecule has 0 aliphatic carbocycles. The van der Waals surface area contributed by atoms with Crippen LogP contribution in [0.15, 0.2) is 24.4 Å². The Morgan fingerprint density at radius 1 is 1.54 bits per heavy atom. The Balaban J connectivity index is 2.68. The van der Waals surface area contributed by atoms with Gasteiger partial charge in [0.2, 0.25) is 0 Å². The van der Waals surface area contributed by atoms with Crippen molar-refractivity contribution in [3.63, 3.8) is 0 Å². The van der Waals surface area contributed by atoms with Crippen LogP contribution >= 0.6 is 0 Å². The van der Waals surface area contributed by atoms with E-state index in [1.54, 1.807) is 12.1 Å². The zero-order chi connectivity index (χ0) is 9.42. The molecule has 0 unspecified atom stereocenters. The Hall–Kier alpha value is -2.04.